The van der Waals surface area contributed by atoms with Gasteiger partial charge in [-0.2, -0.15) is 0 Å². The normalized spacial score (nSPS) is 19.4. The fourth-order valence-electron chi connectivity index (χ4n) is 1.80. The molecular weight excluding hydrogens is 190 g/mol. The molecule has 0 aliphatic carbocycles. The van der Waals surface area contributed by atoms with Gasteiger partial charge in [0.05, 0.1) is 6.61 Å². The number of benzene rings is 1. The molecule has 1 aromatic heterocycles. The number of ether oxygens (including phenoxy) is 1. The molecule has 1 N–H and O–H groups in total. The molecule has 0 saturated carbocycles. The fourth-order valence-corrected chi connectivity index (χ4v) is 1.80. The second kappa shape index (κ2) is 2.94. The van der Waals surface area contributed by atoms with Crippen molar-refractivity contribution in [2.75, 3.05) is 6.61 Å². The number of aryl methyl sites for hydroxylation is 1. The van der Waals surface area contributed by atoms with Crippen LogP contribution in [0.25, 0.3) is 10.9 Å². The molecule has 15 heavy (non-hydrogen) atoms. The lowest BCUT2D eigenvalue weighted by Gasteiger charge is -2.01. The maximum absolute atomic E-state index is 11.7. The van der Waals surface area contributed by atoms with Gasteiger partial charge in [-0.15, -0.1) is 0 Å². The third-order valence-electron chi connectivity index (χ3n) is 2.71. The first-order chi connectivity index (χ1) is 7.24. The van der Waals surface area contributed by atoms with Crippen LogP contribution in [0.4, 0.5) is 0 Å². The predicted octanol–water partition coefficient (Wildman–Crippen LogP) is 1.91. The van der Waals surface area contributed by atoms with Crippen LogP contribution in [0, 0.1) is 6.92 Å². The molecule has 0 amide bonds. The van der Waals surface area contributed by atoms with Crippen LogP contribution in [0.2, 0.25) is 0 Å². The van der Waals surface area contributed by atoms with Crippen LogP contribution < -0.4 is 5.56 Å². The first-order valence-corrected chi connectivity index (χ1v) is 4.99. The van der Waals surface area contributed by atoms with Crippen LogP contribution in [0.3, 0.4) is 0 Å². The predicted molar refractivity (Wildman–Crippen MR) is 58.0 cm³/mol. The highest BCUT2D eigenvalue weighted by Crippen LogP contribution is 2.28. The summed E-state index contributed by atoms with van der Waals surface area (Å²) in [5, 5.41) is 1.06. The Bertz CT molecular complexity index is 582. The van der Waals surface area contributed by atoms with Crippen LogP contribution in [0.5, 0.6) is 0 Å². The van der Waals surface area contributed by atoms with E-state index in [0.29, 0.717) is 6.61 Å². The van der Waals surface area contributed by atoms with Crippen molar-refractivity contribution in [3.05, 3.63) is 45.7 Å². The van der Waals surface area contributed by atoms with Gasteiger partial charge in [0.15, 0.2) is 0 Å². The van der Waals surface area contributed by atoms with Crippen molar-refractivity contribution in [1.82, 2.24) is 4.98 Å². The van der Waals surface area contributed by atoms with Crippen LogP contribution in [0.1, 0.15) is 17.2 Å². The van der Waals surface area contributed by atoms with E-state index in [1.54, 1.807) is 0 Å². The third-order valence-corrected chi connectivity index (χ3v) is 2.71. The van der Waals surface area contributed by atoms with Crippen LogP contribution in [-0.2, 0) is 4.74 Å². The number of rotatable bonds is 1. The molecule has 1 aromatic carbocycles. The average Bonchev–Trinajstić information content (AvgIpc) is 3.00. The van der Waals surface area contributed by atoms with Crippen LogP contribution >= 0.6 is 0 Å². The van der Waals surface area contributed by atoms with Crippen molar-refractivity contribution in [1.29, 1.82) is 0 Å². The van der Waals surface area contributed by atoms with Gasteiger partial charge >= 0.3 is 0 Å². The van der Waals surface area contributed by atoms with E-state index in [1.165, 1.54) is 0 Å². The van der Waals surface area contributed by atoms with E-state index in [4.69, 9.17) is 4.74 Å². The highest BCUT2D eigenvalue weighted by atomic mass is 16.6. The molecule has 1 unspecified atom stereocenters. The maximum Gasteiger partial charge on any atom is 0.254 e. The van der Waals surface area contributed by atoms with Crippen molar-refractivity contribution >= 4 is 10.9 Å². The zero-order chi connectivity index (χ0) is 10.4. The van der Waals surface area contributed by atoms with E-state index in [2.05, 4.69) is 4.98 Å². The first kappa shape index (κ1) is 8.68. The summed E-state index contributed by atoms with van der Waals surface area (Å²) >= 11 is 0. The largest absolute Gasteiger partial charge is 0.368 e. The fraction of sp³-hybridized carbons (Fsp3) is 0.250. The molecule has 0 spiro atoms. The van der Waals surface area contributed by atoms with Crippen LogP contribution in [-0.4, -0.2) is 11.6 Å². The molecule has 1 atom stereocenters. The summed E-state index contributed by atoms with van der Waals surface area (Å²) in [6.45, 7) is 2.68. The summed E-state index contributed by atoms with van der Waals surface area (Å²) in [7, 11) is 0. The number of aromatic amines is 1. The number of nitrogens with one attached hydrogen (secondary N) is 1. The molecule has 2 heterocycles. The summed E-state index contributed by atoms with van der Waals surface area (Å²) in [6, 6.07) is 7.96. The standard InChI is InChI=1S/C12H11NO2/c1-7-2-3-8-5-9(11-6-15-11)12(14)13-10(8)4-7/h2-5,11H,6H2,1H3,(H,13,14). The van der Waals surface area contributed by atoms with Gasteiger partial charge in [-0.3, -0.25) is 4.79 Å². The smallest absolute Gasteiger partial charge is 0.254 e. The van der Waals surface area contributed by atoms with Gasteiger partial charge in [0, 0.05) is 11.1 Å². The second-order valence-corrected chi connectivity index (χ2v) is 3.97. The summed E-state index contributed by atoms with van der Waals surface area (Å²) in [5.74, 6) is 0. The van der Waals surface area contributed by atoms with Crippen molar-refractivity contribution < 1.29 is 4.74 Å². The molecule has 1 fully saturated rings. The lowest BCUT2D eigenvalue weighted by atomic mass is 10.1. The topological polar surface area (TPSA) is 45.4 Å². The second-order valence-electron chi connectivity index (χ2n) is 3.97. The molecule has 2 aromatic rings. The van der Waals surface area contributed by atoms with Gasteiger partial charge in [0.1, 0.15) is 6.10 Å². The zero-order valence-electron chi connectivity index (χ0n) is 8.41. The van der Waals surface area contributed by atoms with Gasteiger partial charge in [-0.1, -0.05) is 12.1 Å². The molecule has 3 rings (SSSR count). The molecule has 1 saturated heterocycles. The van der Waals surface area contributed by atoms with Gasteiger partial charge in [0.25, 0.3) is 5.56 Å². The minimum absolute atomic E-state index is 0.0134. The minimum atomic E-state index is -0.0319. The Morgan fingerprint density at radius 3 is 2.93 bits per heavy atom. The number of hydrogen-bond acceptors (Lipinski definition) is 2. The molecule has 1 aliphatic heterocycles. The van der Waals surface area contributed by atoms with E-state index in [1.807, 2.05) is 31.2 Å². The molecule has 0 radical (unpaired) electrons. The molecule has 1 aliphatic rings. The Kier molecular flexibility index (Phi) is 1.70. The summed E-state index contributed by atoms with van der Waals surface area (Å²) < 4.78 is 5.13. The van der Waals surface area contributed by atoms with E-state index < -0.39 is 0 Å². The van der Waals surface area contributed by atoms with E-state index in [9.17, 15) is 4.79 Å². The van der Waals surface area contributed by atoms with Gasteiger partial charge in [0.2, 0.25) is 0 Å². The molecule has 3 heteroatoms. The summed E-state index contributed by atoms with van der Waals surface area (Å²) in [4.78, 5) is 14.6. The highest BCUT2D eigenvalue weighted by Gasteiger charge is 2.27. The Labute approximate surface area is 86.7 Å². The lowest BCUT2D eigenvalue weighted by molar-refractivity contribution is 0.414. The number of pyridine rings is 1. The summed E-state index contributed by atoms with van der Waals surface area (Å²) in [6.07, 6.45) is 0.0134. The zero-order valence-corrected chi connectivity index (χ0v) is 8.41. The average molecular weight is 201 g/mol. The summed E-state index contributed by atoms with van der Waals surface area (Å²) in [5.41, 5.74) is 2.75. The van der Waals surface area contributed by atoms with Crippen LogP contribution in [0.15, 0.2) is 29.1 Å². The van der Waals surface area contributed by atoms with Gasteiger partial charge < -0.3 is 9.72 Å². The quantitative estimate of drug-likeness (QED) is 0.716. The van der Waals surface area contributed by atoms with Crippen molar-refractivity contribution in [3.63, 3.8) is 0 Å². The molecule has 76 valence electrons. The van der Waals surface area contributed by atoms with Gasteiger partial charge in [-0.05, 0) is 30.0 Å². The Morgan fingerprint density at radius 1 is 1.40 bits per heavy atom. The first-order valence-electron chi connectivity index (χ1n) is 4.99. The Balaban J connectivity index is 2.29. The Hall–Kier alpha value is -1.61. The highest BCUT2D eigenvalue weighted by molar-refractivity contribution is 5.79. The number of aromatic nitrogens is 1. The van der Waals surface area contributed by atoms with Crippen molar-refractivity contribution in [2.45, 2.75) is 13.0 Å². The van der Waals surface area contributed by atoms with Gasteiger partial charge in [-0.25, -0.2) is 0 Å². The number of hydrogen-bond donors (Lipinski definition) is 1. The van der Waals surface area contributed by atoms with E-state index >= 15 is 0 Å². The van der Waals surface area contributed by atoms with Crippen molar-refractivity contribution in [2.24, 2.45) is 0 Å². The van der Waals surface area contributed by atoms with Crippen molar-refractivity contribution in [3.8, 4) is 0 Å². The molecule has 0 bridgehead atoms. The number of epoxide rings is 1. The third kappa shape index (κ3) is 1.45. The monoisotopic (exact) mass is 201 g/mol. The van der Waals surface area contributed by atoms with E-state index in [-0.39, 0.29) is 11.7 Å². The van der Waals surface area contributed by atoms with E-state index in [0.717, 1.165) is 22.0 Å². The number of H-pyrrole nitrogens is 1. The molecule has 3 nitrogen and oxygen atoms in total. The number of fused-ring (bicyclic) bond motifs is 1. The SMILES string of the molecule is Cc1ccc2cc(C3CO3)c(=O)[nH]c2c1. The Morgan fingerprint density at radius 2 is 2.20 bits per heavy atom. The minimum Gasteiger partial charge on any atom is -0.368 e. The lowest BCUT2D eigenvalue weighted by Crippen LogP contribution is -2.11. The maximum atomic E-state index is 11.7. The molecular formula is C12H11NO2.